The zero-order valence-electron chi connectivity index (χ0n) is 22.5. The first-order valence-corrected chi connectivity index (χ1v) is 14.4. The van der Waals surface area contributed by atoms with E-state index >= 15 is 0 Å². The number of esters is 1. The largest absolute Gasteiger partial charge is 0.462 e. The van der Waals surface area contributed by atoms with Crippen molar-refractivity contribution in [2.24, 2.45) is 64.1 Å². The van der Waals surface area contributed by atoms with Crippen LogP contribution in [-0.4, -0.2) is 12.1 Å². The highest BCUT2D eigenvalue weighted by Gasteiger charge is 2.61. The average Bonchev–Trinajstić information content (AvgIpc) is 3.47. The first kappa shape index (κ1) is 23.9. The molecule has 4 saturated carbocycles. The second-order valence-electron chi connectivity index (χ2n) is 14.0. The number of hydrogen-bond donors (Lipinski definition) is 0. The summed E-state index contributed by atoms with van der Waals surface area (Å²) in [5, 5.41) is 0. The van der Waals surface area contributed by atoms with E-state index in [1.165, 1.54) is 44.9 Å². The minimum absolute atomic E-state index is 0.113. The highest BCUT2D eigenvalue weighted by Crippen LogP contribution is 2.69. The van der Waals surface area contributed by atoms with E-state index in [1.54, 1.807) is 12.5 Å². The van der Waals surface area contributed by atoms with Crippen molar-refractivity contribution in [3.63, 3.8) is 0 Å². The van der Waals surface area contributed by atoms with Gasteiger partial charge < -0.3 is 4.74 Å². The van der Waals surface area contributed by atoms with Crippen molar-refractivity contribution in [1.82, 2.24) is 0 Å². The van der Waals surface area contributed by atoms with Gasteiger partial charge in [-0.1, -0.05) is 53.2 Å². The molecule has 0 saturated heterocycles. The number of ether oxygens (including phenoxy) is 1. The van der Waals surface area contributed by atoms with Gasteiger partial charge in [-0.15, -0.1) is 0 Å². The number of carbonyl (C=O) groups is 1. The van der Waals surface area contributed by atoms with Crippen LogP contribution in [0, 0.1) is 64.1 Å². The van der Waals surface area contributed by atoms with Crippen LogP contribution in [0.5, 0.6) is 0 Å². The molecule has 0 aromatic rings. The van der Waals surface area contributed by atoms with E-state index in [9.17, 15) is 4.79 Å². The van der Waals surface area contributed by atoms with Crippen molar-refractivity contribution in [3.8, 4) is 0 Å². The Hall–Kier alpha value is -0.790. The molecular formula is C31H50O2. The molecule has 0 aromatic heterocycles. The molecule has 0 unspecified atom stereocenters. The lowest BCUT2D eigenvalue weighted by Gasteiger charge is -2.58. The zero-order valence-corrected chi connectivity index (χ0v) is 22.5. The smallest absolute Gasteiger partial charge is 0.302 e. The predicted molar refractivity (Wildman–Crippen MR) is 136 cm³/mol. The first-order chi connectivity index (χ1) is 15.6. The lowest BCUT2D eigenvalue weighted by atomic mass is 9.47. The van der Waals surface area contributed by atoms with E-state index in [0.717, 1.165) is 66.1 Å². The Morgan fingerprint density at radius 1 is 1.00 bits per heavy atom. The fourth-order valence-electron chi connectivity index (χ4n) is 10.1. The standard InChI is InChI=1S/C31H50O2/c1-18(2)19(3)25-17-26(25)20(4)27-10-11-28-24-9-8-22-16-23(33-21(5)32)12-14-30(22,6)29(24)13-15-31(27,28)7/h8,18-20,23-29H,9-17H2,1-7H3/t19-,20-,23+,24+,25-,26-,27-,28+,29+,30+,31-/m1/s1. The van der Waals surface area contributed by atoms with Crippen LogP contribution in [-0.2, 0) is 9.53 Å². The molecule has 0 heterocycles. The molecule has 0 aromatic carbocycles. The van der Waals surface area contributed by atoms with E-state index in [1.807, 2.05) is 0 Å². The van der Waals surface area contributed by atoms with E-state index in [2.05, 4.69) is 47.6 Å². The molecule has 186 valence electrons. The molecule has 0 N–H and O–H groups in total. The van der Waals surface area contributed by atoms with Gasteiger partial charge in [0.05, 0.1) is 0 Å². The molecule has 5 aliphatic carbocycles. The molecule has 11 atom stereocenters. The Bertz CT molecular complexity index is 797. The number of hydrogen-bond acceptors (Lipinski definition) is 2. The van der Waals surface area contributed by atoms with Gasteiger partial charge in [-0.3, -0.25) is 4.79 Å². The molecule has 4 fully saturated rings. The van der Waals surface area contributed by atoms with Crippen molar-refractivity contribution in [2.45, 2.75) is 112 Å². The molecule has 5 rings (SSSR count). The summed E-state index contributed by atoms with van der Waals surface area (Å²) in [6.07, 6.45) is 14.6. The Labute approximate surface area is 203 Å². The average molecular weight is 455 g/mol. The van der Waals surface area contributed by atoms with Crippen LogP contribution in [0.1, 0.15) is 106 Å². The summed E-state index contributed by atoms with van der Waals surface area (Å²) in [4.78, 5) is 11.5. The van der Waals surface area contributed by atoms with Gasteiger partial charge in [0.25, 0.3) is 0 Å². The van der Waals surface area contributed by atoms with E-state index in [4.69, 9.17) is 4.74 Å². The van der Waals surface area contributed by atoms with Crippen LogP contribution >= 0.6 is 0 Å². The summed E-state index contributed by atoms with van der Waals surface area (Å²) in [6, 6.07) is 0. The van der Waals surface area contributed by atoms with Gasteiger partial charge in [0.15, 0.2) is 0 Å². The van der Waals surface area contributed by atoms with Crippen molar-refractivity contribution in [3.05, 3.63) is 11.6 Å². The maximum absolute atomic E-state index is 11.5. The lowest BCUT2D eigenvalue weighted by molar-refractivity contribution is -0.148. The highest BCUT2D eigenvalue weighted by molar-refractivity contribution is 5.66. The highest BCUT2D eigenvalue weighted by atomic mass is 16.5. The van der Waals surface area contributed by atoms with Crippen LogP contribution < -0.4 is 0 Å². The summed E-state index contributed by atoms with van der Waals surface area (Å²) in [7, 11) is 0. The van der Waals surface area contributed by atoms with Gasteiger partial charge in [-0.2, -0.15) is 0 Å². The minimum Gasteiger partial charge on any atom is -0.462 e. The molecular weight excluding hydrogens is 404 g/mol. The van der Waals surface area contributed by atoms with Crippen LogP contribution in [0.4, 0.5) is 0 Å². The molecule has 0 aliphatic heterocycles. The third-order valence-corrected chi connectivity index (χ3v) is 12.4. The van der Waals surface area contributed by atoms with Crippen molar-refractivity contribution < 1.29 is 9.53 Å². The van der Waals surface area contributed by atoms with Crippen molar-refractivity contribution in [1.29, 1.82) is 0 Å². The number of allylic oxidation sites excluding steroid dienone is 1. The predicted octanol–water partition coefficient (Wildman–Crippen LogP) is 8.06. The summed E-state index contributed by atoms with van der Waals surface area (Å²) >= 11 is 0. The summed E-state index contributed by atoms with van der Waals surface area (Å²) in [5.74, 6) is 8.09. The summed E-state index contributed by atoms with van der Waals surface area (Å²) < 4.78 is 5.64. The Morgan fingerprint density at radius 2 is 1.76 bits per heavy atom. The monoisotopic (exact) mass is 454 g/mol. The molecule has 5 aliphatic rings. The Kier molecular flexibility index (Phi) is 6.10. The summed E-state index contributed by atoms with van der Waals surface area (Å²) in [6.45, 7) is 16.8. The Morgan fingerprint density at radius 3 is 2.45 bits per heavy atom. The molecule has 0 amide bonds. The molecule has 33 heavy (non-hydrogen) atoms. The maximum atomic E-state index is 11.5. The van der Waals surface area contributed by atoms with Gasteiger partial charge in [0.2, 0.25) is 0 Å². The van der Waals surface area contributed by atoms with Gasteiger partial charge in [-0.25, -0.2) is 0 Å². The van der Waals surface area contributed by atoms with E-state index < -0.39 is 0 Å². The van der Waals surface area contributed by atoms with Crippen LogP contribution in [0.2, 0.25) is 0 Å². The summed E-state index contributed by atoms with van der Waals surface area (Å²) in [5.41, 5.74) is 2.53. The zero-order chi connectivity index (χ0) is 23.7. The second-order valence-corrected chi connectivity index (χ2v) is 14.0. The van der Waals surface area contributed by atoms with Crippen molar-refractivity contribution in [2.75, 3.05) is 0 Å². The van der Waals surface area contributed by atoms with E-state index in [-0.39, 0.29) is 12.1 Å². The van der Waals surface area contributed by atoms with Crippen LogP contribution in [0.15, 0.2) is 11.6 Å². The maximum Gasteiger partial charge on any atom is 0.302 e. The topological polar surface area (TPSA) is 26.3 Å². The fourth-order valence-corrected chi connectivity index (χ4v) is 10.1. The third-order valence-electron chi connectivity index (χ3n) is 12.4. The van der Waals surface area contributed by atoms with Crippen molar-refractivity contribution >= 4 is 5.97 Å². The number of rotatable bonds is 5. The minimum atomic E-state index is -0.113. The van der Waals surface area contributed by atoms with Gasteiger partial charge in [0.1, 0.15) is 6.10 Å². The quantitative estimate of drug-likeness (QED) is 0.310. The van der Waals surface area contributed by atoms with Gasteiger partial charge in [0, 0.05) is 13.3 Å². The van der Waals surface area contributed by atoms with Gasteiger partial charge >= 0.3 is 5.97 Å². The first-order valence-electron chi connectivity index (χ1n) is 14.4. The number of fused-ring (bicyclic) bond motifs is 5. The molecule has 2 heteroatoms. The van der Waals surface area contributed by atoms with E-state index in [0.29, 0.717) is 10.8 Å². The fraction of sp³-hybridized carbons (Fsp3) is 0.903. The second kappa shape index (κ2) is 8.41. The molecule has 0 spiro atoms. The molecule has 2 nitrogen and oxygen atoms in total. The number of carbonyl (C=O) groups excluding carboxylic acids is 1. The normalized spacial score (nSPS) is 48.2. The van der Waals surface area contributed by atoms with Crippen LogP contribution in [0.25, 0.3) is 0 Å². The Balaban J connectivity index is 1.31. The SMILES string of the molecule is CC(=O)O[C@H]1CC[C@@]2(C)C(=CC[C@H]3[C@@H]4CC[C@H]([C@H](C)[C@H]5C[C@@H]5[C@H](C)C(C)C)[C@@]4(C)CC[C@@H]32)C1. The molecule has 0 radical (unpaired) electrons. The third kappa shape index (κ3) is 3.85. The lowest BCUT2D eigenvalue weighted by Crippen LogP contribution is -2.51. The van der Waals surface area contributed by atoms with Gasteiger partial charge in [-0.05, 0) is 115 Å². The van der Waals surface area contributed by atoms with Crippen LogP contribution in [0.3, 0.4) is 0 Å². The molecule has 0 bridgehead atoms.